The van der Waals surface area contributed by atoms with Crippen molar-refractivity contribution in [2.24, 2.45) is 0 Å². The van der Waals surface area contributed by atoms with Crippen molar-refractivity contribution in [3.05, 3.63) is 42.5 Å². The van der Waals surface area contributed by atoms with Crippen molar-refractivity contribution in [2.75, 3.05) is 5.32 Å². The summed E-state index contributed by atoms with van der Waals surface area (Å²) in [5.74, 6) is -0.166. The molecule has 13 heavy (non-hydrogen) atoms. The van der Waals surface area contributed by atoms with Crippen molar-refractivity contribution in [1.29, 1.82) is 0 Å². The lowest BCUT2D eigenvalue weighted by molar-refractivity contribution is -0.111. The molecule has 70 valence electrons. The number of rotatable bonds is 3. The highest BCUT2D eigenvalue weighted by Gasteiger charge is 2.00. The van der Waals surface area contributed by atoms with Crippen LogP contribution in [-0.4, -0.2) is 5.91 Å². The highest BCUT2D eigenvalue weighted by molar-refractivity contribution is 5.99. The molecule has 0 aliphatic rings. The van der Waals surface area contributed by atoms with Crippen LogP contribution in [0.25, 0.3) is 0 Å². The van der Waals surface area contributed by atoms with Crippen molar-refractivity contribution >= 4 is 11.6 Å². The first kappa shape index (κ1) is 9.52. The van der Waals surface area contributed by atoms with Gasteiger partial charge >= 0.3 is 0 Å². The van der Waals surface area contributed by atoms with Gasteiger partial charge in [0.1, 0.15) is 0 Å². The van der Waals surface area contributed by atoms with E-state index >= 15 is 0 Å². The van der Waals surface area contributed by atoms with Crippen molar-refractivity contribution in [3.63, 3.8) is 0 Å². The molecule has 0 radical (unpaired) electrons. The summed E-state index contributed by atoms with van der Waals surface area (Å²) in [6.45, 7) is 5.45. The molecular formula is C11H15NO. The Morgan fingerprint density at radius 2 is 2.31 bits per heavy atom. The second kappa shape index (κ2) is 4.45. The maximum atomic E-state index is 11.0. The smallest absolute Gasteiger partial charge is 0.247 e. The molecule has 0 unspecified atom stereocenters. The Balaban J connectivity index is 0.00000169. The fourth-order valence-electron chi connectivity index (χ4n) is 1.13. The predicted molar refractivity (Wildman–Crippen MR) is 56.8 cm³/mol. The number of hydrogen-bond donors (Lipinski definition) is 1. The summed E-state index contributed by atoms with van der Waals surface area (Å²) in [6, 6.07) is 7.75. The molecule has 0 spiro atoms. The van der Waals surface area contributed by atoms with E-state index in [9.17, 15) is 4.79 Å². The predicted octanol–water partition coefficient (Wildman–Crippen LogP) is 2.62. The molecule has 1 amide bonds. The van der Waals surface area contributed by atoms with Crippen LogP contribution in [-0.2, 0) is 11.2 Å². The average Bonchev–Trinajstić information content (AvgIpc) is 2.18. The number of nitrogens with one attached hydrogen (secondary N) is 1. The first-order valence-corrected chi connectivity index (χ1v) is 4.29. The molecule has 2 nitrogen and oxygen atoms in total. The van der Waals surface area contributed by atoms with Crippen LogP contribution in [0.1, 0.15) is 13.9 Å². The van der Waals surface area contributed by atoms with Crippen LogP contribution in [0.15, 0.2) is 36.9 Å². The SMILES string of the molecule is C=CC(=O)Nc1ccccc1CC.[HH]. The number of carbonyl (C=O) groups is 1. The molecule has 0 aromatic heterocycles. The van der Waals surface area contributed by atoms with Gasteiger partial charge in [-0.05, 0) is 24.1 Å². The minimum absolute atomic E-state index is 0. The number of anilines is 1. The molecule has 0 aliphatic heterocycles. The summed E-state index contributed by atoms with van der Waals surface area (Å²) in [7, 11) is 0. The standard InChI is InChI=1S/C11H13NO.H2/c1-3-9-7-5-6-8-10(9)12-11(13)4-2;/h4-8H,2-3H2,1H3,(H,12,13);1H. The van der Waals surface area contributed by atoms with E-state index in [2.05, 4.69) is 18.8 Å². The lowest BCUT2D eigenvalue weighted by Gasteiger charge is -2.06. The fraction of sp³-hybridized carbons (Fsp3) is 0.182. The van der Waals surface area contributed by atoms with E-state index in [0.717, 1.165) is 17.7 Å². The largest absolute Gasteiger partial charge is 0.322 e. The Kier molecular flexibility index (Phi) is 3.26. The fourth-order valence-corrected chi connectivity index (χ4v) is 1.13. The lowest BCUT2D eigenvalue weighted by Crippen LogP contribution is -2.08. The molecule has 1 N–H and O–H groups in total. The van der Waals surface area contributed by atoms with Crippen LogP contribution in [0.4, 0.5) is 5.69 Å². The van der Waals surface area contributed by atoms with Crippen LogP contribution in [0.2, 0.25) is 0 Å². The summed E-state index contributed by atoms with van der Waals surface area (Å²) >= 11 is 0. The van der Waals surface area contributed by atoms with Crippen LogP contribution in [0, 0.1) is 0 Å². The lowest BCUT2D eigenvalue weighted by atomic mass is 10.1. The Bertz CT molecular complexity index is 323. The molecule has 0 saturated heterocycles. The summed E-state index contributed by atoms with van der Waals surface area (Å²) in [5, 5.41) is 2.75. The molecule has 0 saturated carbocycles. The molecule has 0 bridgehead atoms. The van der Waals surface area contributed by atoms with Gasteiger partial charge in [-0.25, -0.2) is 0 Å². The quantitative estimate of drug-likeness (QED) is 0.706. The van der Waals surface area contributed by atoms with Gasteiger partial charge in [0.25, 0.3) is 0 Å². The van der Waals surface area contributed by atoms with E-state index in [-0.39, 0.29) is 7.33 Å². The van der Waals surface area contributed by atoms with Gasteiger partial charge in [0.05, 0.1) is 0 Å². The molecular weight excluding hydrogens is 162 g/mol. The highest BCUT2D eigenvalue weighted by Crippen LogP contribution is 2.14. The molecule has 0 fully saturated rings. The van der Waals surface area contributed by atoms with Gasteiger partial charge in [-0.3, -0.25) is 4.79 Å². The van der Waals surface area contributed by atoms with Crippen molar-refractivity contribution in [2.45, 2.75) is 13.3 Å². The summed E-state index contributed by atoms with van der Waals surface area (Å²) in [5.41, 5.74) is 2.01. The zero-order valence-electron chi connectivity index (χ0n) is 7.71. The van der Waals surface area contributed by atoms with Crippen molar-refractivity contribution < 1.29 is 6.22 Å². The van der Waals surface area contributed by atoms with Gasteiger partial charge in [-0.15, -0.1) is 0 Å². The molecule has 1 aromatic rings. The first-order chi connectivity index (χ1) is 6.27. The maximum absolute atomic E-state index is 11.0. The third-order valence-corrected chi connectivity index (χ3v) is 1.84. The van der Waals surface area contributed by atoms with E-state index < -0.39 is 0 Å². The Hall–Kier alpha value is -1.57. The molecule has 0 heterocycles. The second-order valence-electron chi connectivity index (χ2n) is 2.70. The number of carbonyl (C=O) groups excluding carboxylic acids is 1. The average molecular weight is 177 g/mol. The number of amides is 1. The number of benzene rings is 1. The van der Waals surface area contributed by atoms with Gasteiger partial charge in [0.15, 0.2) is 0 Å². The van der Waals surface area contributed by atoms with Crippen molar-refractivity contribution in [1.82, 2.24) is 0 Å². The molecule has 1 rings (SSSR count). The monoisotopic (exact) mass is 177 g/mol. The van der Waals surface area contributed by atoms with Crippen LogP contribution >= 0.6 is 0 Å². The zero-order valence-corrected chi connectivity index (χ0v) is 7.71. The molecule has 1 aromatic carbocycles. The highest BCUT2D eigenvalue weighted by atomic mass is 16.1. The van der Waals surface area contributed by atoms with Crippen LogP contribution in [0.3, 0.4) is 0 Å². The van der Waals surface area contributed by atoms with E-state index in [1.54, 1.807) is 0 Å². The maximum Gasteiger partial charge on any atom is 0.247 e. The minimum atomic E-state index is -0.166. The van der Waals surface area contributed by atoms with Gasteiger partial charge in [0.2, 0.25) is 5.91 Å². The van der Waals surface area contributed by atoms with Gasteiger partial charge in [-0.1, -0.05) is 31.7 Å². The molecule has 2 heteroatoms. The van der Waals surface area contributed by atoms with Crippen molar-refractivity contribution in [3.8, 4) is 0 Å². The van der Waals surface area contributed by atoms with Gasteiger partial charge in [0, 0.05) is 7.11 Å². The number of para-hydroxylation sites is 1. The topological polar surface area (TPSA) is 29.1 Å². The first-order valence-electron chi connectivity index (χ1n) is 4.29. The summed E-state index contributed by atoms with van der Waals surface area (Å²) < 4.78 is 0. The van der Waals surface area contributed by atoms with Crippen LogP contribution in [0.5, 0.6) is 0 Å². The Morgan fingerprint density at radius 3 is 2.92 bits per heavy atom. The van der Waals surface area contributed by atoms with E-state index in [1.807, 2.05) is 24.3 Å². The van der Waals surface area contributed by atoms with Gasteiger partial charge in [-0.2, -0.15) is 0 Å². The Labute approximate surface area is 79.8 Å². The van der Waals surface area contributed by atoms with E-state index in [1.165, 1.54) is 6.08 Å². The summed E-state index contributed by atoms with van der Waals surface area (Å²) in [6.07, 6.45) is 2.18. The number of aryl methyl sites for hydroxylation is 1. The third-order valence-electron chi connectivity index (χ3n) is 1.84. The third kappa shape index (κ3) is 2.44. The molecule has 0 aliphatic carbocycles. The van der Waals surface area contributed by atoms with Gasteiger partial charge < -0.3 is 5.32 Å². The zero-order chi connectivity index (χ0) is 9.68. The summed E-state index contributed by atoms with van der Waals surface area (Å²) in [4.78, 5) is 11.0. The second-order valence-corrected chi connectivity index (χ2v) is 2.70. The minimum Gasteiger partial charge on any atom is -0.322 e. The van der Waals surface area contributed by atoms with Crippen LogP contribution < -0.4 is 5.32 Å². The molecule has 0 atom stereocenters. The number of hydrogen-bond acceptors (Lipinski definition) is 1. The van der Waals surface area contributed by atoms with E-state index in [0.29, 0.717) is 0 Å². The Morgan fingerprint density at radius 1 is 1.62 bits per heavy atom. The normalized spacial score (nSPS) is 9.31. The van der Waals surface area contributed by atoms with E-state index in [4.69, 9.17) is 0 Å².